The molecule has 0 unspecified atom stereocenters. The fraction of sp³-hybridized carbons (Fsp3) is 0.100. The molecule has 0 saturated carbocycles. The van der Waals surface area contributed by atoms with E-state index in [0.29, 0.717) is 0 Å². The van der Waals surface area contributed by atoms with Crippen molar-refractivity contribution in [3.05, 3.63) is 91.0 Å². The van der Waals surface area contributed by atoms with Crippen molar-refractivity contribution in [2.75, 3.05) is 6.16 Å². The van der Waals surface area contributed by atoms with Crippen molar-refractivity contribution in [2.24, 2.45) is 0 Å². The first-order valence-electron chi connectivity index (χ1n) is 7.43. The van der Waals surface area contributed by atoms with E-state index < -0.39 is 7.26 Å². The fourth-order valence-corrected chi connectivity index (χ4v) is 7.08. The topological polar surface area (TPSA) is 0 Å². The van der Waals surface area contributed by atoms with E-state index in [1.807, 2.05) is 0 Å². The second kappa shape index (κ2) is 7.96. The molecule has 0 aliphatic heterocycles. The van der Waals surface area contributed by atoms with Gasteiger partial charge in [0.25, 0.3) is 0 Å². The van der Waals surface area contributed by atoms with Gasteiger partial charge < -0.3 is 0 Å². The molecule has 3 aromatic carbocycles. The molecule has 22 heavy (non-hydrogen) atoms. The summed E-state index contributed by atoms with van der Waals surface area (Å²) in [5.74, 6) is 0. The van der Waals surface area contributed by atoms with Crippen LogP contribution in [0, 0.1) is 0 Å². The van der Waals surface area contributed by atoms with Crippen LogP contribution in [0.15, 0.2) is 91.0 Å². The normalized spacial score (nSPS) is 10.8. The summed E-state index contributed by atoms with van der Waals surface area (Å²) >= 11 is 0. The van der Waals surface area contributed by atoms with Gasteiger partial charge in [0.2, 0.25) is 0 Å². The monoisotopic (exact) mass is 412 g/mol. The second-order valence-corrected chi connectivity index (χ2v) is 8.93. The number of hydrogen-bond acceptors (Lipinski definition) is 0. The Kier molecular flexibility index (Phi) is 6.24. The largest absolute Gasteiger partial charge is 0.111 e. The summed E-state index contributed by atoms with van der Waals surface area (Å²) in [6, 6.07) is 33.0. The van der Waals surface area contributed by atoms with Crippen LogP contribution in [-0.4, -0.2) is 30.6 Å². The maximum absolute atomic E-state index is 2.32. The van der Waals surface area contributed by atoms with Crippen molar-refractivity contribution >= 4 is 47.6 Å². The molecular formula is C20H20PSb+. The summed E-state index contributed by atoms with van der Waals surface area (Å²) in [6.45, 7) is 2.32. The van der Waals surface area contributed by atoms with E-state index in [-0.39, 0.29) is 24.4 Å². The Bertz CT molecular complexity index is 584. The molecule has 3 radical (unpaired) electrons. The minimum absolute atomic E-state index is 0. The third-order valence-corrected chi connectivity index (χ3v) is 8.55. The molecular weight excluding hydrogens is 393 g/mol. The van der Waals surface area contributed by atoms with Crippen LogP contribution in [0.4, 0.5) is 0 Å². The Morgan fingerprint density at radius 1 is 0.545 bits per heavy atom. The van der Waals surface area contributed by atoms with Gasteiger partial charge in [0, 0.05) is 24.4 Å². The van der Waals surface area contributed by atoms with Crippen LogP contribution < -0.4 is 15.9 Å². The van der Waals surface area contributed by atoms with Crippen molar-refractivity contribution in [3.8, 4) is 0 Å². The summed E-state index contributed by atoms with van der Waals surface area (Å²) < 4.78 is 0. The van der Waals surface area contributed by atoms with Crippen LogP contribution in [-0.2, 0) is 0 Å². The van der Waals surface area contributed by atoms with Crippen molar-refractivity contribution in [3.63, 3.8) is 0 Å². The Labute approximate surface area is 151 Å². The van der Waals surface area contributed by atoms with E-state index in [1.54, 1.807) is 0 Å². The average molecular weight is 413 g/mol. The first-order chi connectivity index (χ1) is 10.4. The molecule has 0 aliphatic rings. The molecule has 2 heteroatoms. The first kappa shape index (κ1) is 17.3. The predicted molar refractivity (Wildman–Crippen MR) is 101 cm³/mol. The maximum Gasteiger partial charge on any atom is 0.111 e. The van der Waals surface area contributed by atoms with Gasteiger partial charge in [-0.15, -0.1) is 0 Å². The average Bonchev–Trinajstić information content (AvgIpc) is 2.59. The Hall–Kier alpha value is -1.09. The van der Waals surface area contributed by atoms with Crippen molar-refractivity contribution in [1.29, 1.82) is 0 Å². The third-order valence-electron chi connectivity index (χ3n) is 4.07. The van der Waals surface area contributed by atoms with Gasteiger partial charge >= 0.3 is 0 Å². The zero-order valence-electron chi connectivity index (χ0n) is 12.8. The van der Waals surface area contributed by atoms with Crippen LogP contribution >= 0.6 is 7.26 Å². The van der Waals surface area contributed by atoms with Gasteiger partial charge in [-0.25, -0.2) is 0 Å². The van der Waals surface area contributed by atoms with Crippen LogP contribution in [0.1, 0.15) is 6.92 Å². The molecule has 3 aromatic rings. The molecule has 0 saturated heterocycles. The molecule has 0 atom stereocenters. The van der Waals surface area contributed by atoms with Crippen LogP contribution in [0.25, 0.3) is 0 Å². The van der Waals surface area contributed by atoms with Gasteiger partial charge in [-0.1, -0.05) is 54.6 Å². The summed E-state index contributed by atoms with van der Waals surface area (Å²) in [5.41, 5.74) is 0. The van der Waals surface area contributed by atoms with Crippen molar-refractivity contribution in [2.45, 2.75) is 6.92 Å². The molecule has 0 fully saturated rings. The van der Waals surface area contributed by atoms with Gasteiger partial charge in [-0.2, -0.15) is 0 Å². The molecule has 0 heterocycles. The molecule has 0 aliphatic carbocycles. The Morgan fingerprint density at radius 2 is 0.818 bits per heavy atom. The fourth-order valence-electron chi connectivity index (χ4n) is 3.04. The molecule has 0 nitrogen and oxygen atoms in total. The van der Waals surface area contributed by atoms with E-state index in [9.17, 15) is 0 Å². The molecule has 0 amide bonds. The minimum atomic E-state index is -1.53. The maximum atomic E-state index is 2.32. The number of benzene rings is 3. The number of hydrogen-bond donors (Lipinski definition) is 0. The van der Waals surface area contributed by atoms with Gasteiger partial charge in [-0.05, 0) is 43.3 Å². The molecule has 0 spiro atoms. The van der Waals surface area contributed by atoms with E-state index in [0.717, 1.165) is 6.16 Å². The van der Waals surface area contributed by atoms with Gasteiger partial charge in [0.1, 0.15) is 23.2 Å². The van der Waals surface area contributed by atoms with Gasteiger partial charge in [-0.3, -0.25) is 0 Å². The summed E-state index contributed by atoms with van der Waals surface area (Å²) in [6.07, 6.45) is 1.14. The van der Waals surface area contributed by atoms with Crippen LogP contribution in [0.3, 0.4) is 0 Å². The summed E-state index contributed by atoms with van der Waals surface area (Å²) in [7, 11) is -1.53. The summed E-state index contributed by atoms with van der Waals surface area (Å²) in [5, 5.41) is 4.39. The van der Waals surface area contributed by atoms with E-state index in [2.05, 4.69) is 97.9 Å². The SMILES string of the molecule is CC[P+](c1ccccc1)(c1ccccc1)c1ccccc1.[Sb]. The van der Waals surface area contributed by atoms with E-state index >= 15 is 0 Å². The van der Waals surface area contributed by atoms with Crippen molar-refractivity contribution in [1.82, 2.24) is 0 Å². The molecule has 3 rings (SSSR count). The molecule has 109 valence electrons. The van der Waals surface area contributed by atoms with E-state index in [4.69, 9.17) is 0 Å². The standard InChI is InChI=1S/C20H20P.Sb/c1-2-21(18-12-6-3-7-13-18,19-14-8-4-9-15-19)20-16-10-5-11-17-20;/h3-17H,2H2,1H3;/q+1;. The predicted octanol–water partition coefficient (Wildman–Crippen LogP) is 3.62. The molecule has 0 aromatic heterocycles. The Balaban J connectivity index is 0.00000176. The summed E-state index contributed by atoms with van der Waals surface area (Å²) in [4.78, 5) is 0. The first-order valence-corrected chi connectivity index (χ1v) is 9.40. The molecule has 0 bridgehead atoms. The Morgan fingerprint density at radius 3 is 1.05 bits per heavy atom. The minimum Gasteiger partial charge on any atom is -0.0620 e. The molecule has 0 N–H and O–H groups in total. The van der Waals surface area contributed by atoms with Gasteiger partial charge in [0.05, 0.1) is 6.16 Å². The van der Waals surface area contributed by atoms with E-state index in [1.165, 1.54) is 15.9 Å². The van der Waals surface area contributed by atoms with Crippen LogP contribution in [0.5, 0.6) is 0 Å². The van der Waals surface area contributed by atoms with Crippen LogP contribution in [0.2, 0.25) is 0 Å². The van der Waals surface area contributed by atoms with Gasteiger partial charge in [0.15, 0.2) is 0 Å². The zero-order valence-corrected chi connectivity index (χ0v) is 16.2. The number of rotatable bonds is 4. The third kappa shape index (κ3) is 3.15. The second-order valence-electron chi connectivity index (χ2n) is 5.13. The smallest absolute Gasteiger partial charge is 0.0620 e. The quantitative estimate of drug-likeness (QED) is 0.453. The van der Waals surface area contributed by atoms with Crippen molar-refractivity contribution < 1.29 is 0 Å². The zero-order chi connectivity index (χ0) is 14.5.